The summed E-state index contributed by atoms with van der Waals surface area (Å²) in [6.45, 7) is 5.62. The molecule has 1 aromatic heterocycles. The number of hydrogen-bond acceptors (Lipinski definition) is 3. The van der Waals surface area contributed by atoms with Gasteiger partial charge in [-0.25, -0.2) is 9.59 Å². The fourth-order valence-electron chi connectivity index (χ4n) is 1.44. The first-order chi connectivity index (χ1) is 8.41. The summed E-state index contributed by atoms with van der Waals surface area (Å²) in [5.41, 5.74) is 1.73. The SMILES string of the molecule is Cc1[nH]ncc1CNC(=O)N[C@@H](C(=O)O)C(C)C. The van der Waals surface area contributed by atoms with Gasteiger partial charge in [-0.15, -0.1) is 0 Å². The molecule has 0 unspecified atom stereocenters. The molecule has 2 amide bonds. The summed E-state index contributed by atoms with van der Waals surface area (Å²) in [4.78, 5) is 22.5. The Labute approximate surface area is 105 Å². The first-order valence-electron chi connectivity index (χ1n) is 5.67. The summed E-state index contributed by atoms with van der Waals surface area (Å²) in [5, 5.41) is 20.5. The highest BCUT2D eigenvalue weighted by Gasteiger charge is 2.23. The standard InChI is InChI=1S/C11H18N4O3/c1-6(2)9(10(16)17)14-11(18)12-4-8-5-13-15-7(8)3/h5-6,9H,4H2,1-3H3,(H,13,15)(H,16,17)(H2,12,14,18)/t9-/m1/s1. The van der Waals surface area contributed by atoms with E-state index in [4.69, 9.17) is 5.11 Å². The van der Waals surface area contributed by atoms with Gasteiger partial charge in [-0.3, -0.25) is 5.10 Å². The molecule has 1 aromatic rings. The molecule has 18 heavy (non-hydrogen) atoms. The van der Waals surface area contributed by atoms with Crippen LogP contribution in [0.5, 0.6) is 0 Å². The quantitative estimate of drug-likeness (QED) is 0.618. The van der Waals surface area contributed by atoms with E-state index < -0.39 is 18.0 Å². The zero-order valence-electron chi connectivity index (χ0n) is 10.7. The van der Waals surface area contributed by atoms with Crippen molar-refractivity contribution in [2.75, 3.05) is 0 Å². The van der Waals surface area contributed by atoms with Crippen LogP contribution in [0.25, 0.3) is 0 Å². The zero-order chi connectivity index (χ0) is 13.7. The van der Waals surface area contributed by atoms with E-state index >= 15 is 0 Å². The highest BCUT2D eigenvalue weighted by atomic mass is 16.4. The molecule has 1 atom stereocenters. The number of nitrogens with zero attached hydrogens (tertiary/aromatic N) is 1. The molecule has 0 saturated heterocycles. The lowest BCUT2D eigenvalue weighted by atomic mass is 10.1. The molecule has 1 heterocycles. The van der Waals surface area contributed by atoms with E-state index in [1.807, 2.05) is 6.92 Å². The fourth-order valence-corrected chi connectivity index (χ4v) is 1.44. The Kier molecular flexibility index (Phi) is 4.70. The van der Waals surface area contributed by atoms with Crippen LogP contribution in [0.1, 0.15) is 25.1 Å². The van der Waals surface area contributed by atoms with Gasteiger partial charge in [0.05, 0.1) is 6.20 Å². The second-order valence-electron chi connectivity index (χ2n) is 4.41. The van der Waals surface area contributed by atoms with Gasteiger partial charge in [0, 0.05) is 17.8 Å². The van der Waals surface area contributed by atoms with Crippen LogP contribution >= 0.6 is 0 Å². The van der Waals surface area contributed by atoms with E-state index in [2.05, 4.69) is 20.8 Å². The number of carboxylic acid groups (broad SMARTS) is 1. The van der Waals surface area contributed by atoms with Crippen molar-refractivity contribution in [3.8, 4) is 0 Å². The monoisotopic (exact) mass is 254 g/mol. The lowest BCUT2D eigenvalue weighted by Gasteiger charge is -2.18. The molecule has 7 nitrogen and oxygen atoms in total. The molecule has 0 fully saturated rings. The maximum Gasteiger partial charge on any atom is 0.326 e. The first-order valence-corrected chi connectivity index (χ1v) is 5.67. The Morgan fingerprint density at radius 2 is 2.17 bits per heavy atom. The molecule has 0 bridgehead atoms. The Morgan fingerprint density at radius 3 is 2.61 bits per heavy atom. The summed E-state index contributed by atoms with van der Waals surface area (Å²) in [7, 11) is 0. The molecule has 0 radical (unpaired) electrons. The van der Waals surface area contributed by atoms with Crippen molar-refractivity contribution in [1.29, 1.82) is 0 Å². The van der Waals surface area contributed by atoms with Crippen LogP contribution in [-0.4, -0.2) is 33.3 Å². The van der Waals surface area contributed by atoms with Crippen LogP contribution in [0.2, 0.25) is 0 Å². The molecule has 0 aromatic carbocycles. The summed E-state index contributed by atoms with van der Waals surface area (Å²) in [6.07, 6.45) is 1.62. The number of nitrogens with one attached hydrogen (secondary N) is 3. The molecule has 0 aliphatic heterocycles. The highest BCUT2D eigenvalue weighted by molar-refractivity contribution is 5.82. The zero-order valence-corrected chi connectivity index (χ0v) is 10.7. The third kappa shape index (κ3) is 3.76. The van der Waals surface area contributed by atoms with Gasteiger partial charge in [0.25, 0.3) is 0 Å². The summed E-state index contributed by atoms with van der Waals surface area (Å²) in [6, 6.07) is -1.40. The topological polar surface area (TPSA) is 107 Å². The number of aromatic nitrogens is 2. The molecule has 4 N–H and O–H groups in total. The van der Waals surface area contributed by atoms with Crippen LogP contribution < -0.4 is 10.6 Å². The maximum atomic E-state index is 11.6. The summed E-state index contributed by atoms with van der Waals surface area (Å²) < 4.78 is 0. The van der Waals surface area contributed by atoms with E-state index in [0.29, 0.717) is 6.54 Å². The number of urea groups is 1. The van der Waals surface area contributed by atoms with Gasteiger partial charge < -0.3 is 15.7 Å². The molecular weight excluding hydrogens is 236 g/mol. The molecule has 0 spiro atoms. The van der Waals surface area contributed by atoms with Crippen molar-refractivity contribution in [3.05, 3.63) is 17.5 Å². The normalized spacial score (nSPS) is 12.2. The van der Waals surface area contributed by atoms with Crippen molar-refractivity contribution >= 4 is 12.0 Å². The van der Waals surface area contributed by atoms with E-state index in [-0.39, 0.29) is 5.92 Å². The number of carboxylic acids is 1. The number of hydrogen-bond donors (Lipinski definition) is 4. The second-order valence-corrected chi connectivity index (χ2v) is 4.41. The smallest absolute Gasteiger partial charge is 0.326 e. The number of aliphatic carboxylic acids is 1. The largest absolute Gasteiger partial charge is 0.480 e. The van der Waals surface area contributed by atoms with Gasteiger partial charge in [-0.1, -0.05) is 13.8 Å². The van der Waals surface area contributed by atoms with Gasteiger partial charge in [0.2, 0.25) is 0 Å². The maximum absolute atomic E-state index is 11.6. The lowest BCUT2D eigenvalue weighted by molar-refractivity contribution is -0.140. The molecule has 7 heteroatoms. The molecular formula is C11H18N4O3. The second kappa shape index (κ2) is 6.04. The number of rotatable bonds is 5. The van der Waals surface area contributed by atoms with Crippen LogP contribution in [0.3, 0.4) is 0 Å². The van der Waals surface area contributed by atoms with E-state index in [1.54, 1.807) is 20.0 Å². The molecule has 0 aliphatic rings. The van der Waals surface area contributed by atoms with Crippen molar-refractivity contribution < 1.29 is 14.7 Å². The first kappa shape index (κ1) is 14.0. The van der Waals surface area contributed by atoms with Gasteiger partial charge in [-0.05, 0) is 12.8 Å². The minimum Gasteiger partial charge on any atom is -0.480 e. The Balaban J connectivity index is 2.46. The predicted octanol–water partition coefficient (Wildman–Crippen LogP) is 0.627. The lowest BCUT2D eigenvalue weighted by Crippen LogP contribution is -2.48. The van der Waals surface area contributed by atoms with Crippen LogP contribution in [-0.2, 0) is 11.3 Å². The van der Waals surface area contributed by atoms with Crippen LogP contribution in [0.15, 0.2) is 6.20 Å². The third-order valence-electron chi connectivity index (χ3n) is 2.59. The molecule has 1 rings (SSSR count). The third-order valence-corrected chi connectivity index (χ3v) is 2.59. The van der Waals surface area contributed by atoms with Crippen molar-refractivity contribution in [2.24, 2.45) is 5.92 Å². The summed E-state index contributed by atoms with van der Waals surface area (Å²) >= 11 is 0. The minimum atomic E-state index is -1.04. The number of carbonyl (C=O) groups is 2. The number of carbonyl (C=O) groups excluding carboxylic acids is 1. The van der Waals surface area contributed by atoms with Gasteiger partial charge in [-0.2, -0.15) is 5.10 Å². The number of aryl methyl sites for hydroxylation is 1. The van der Waals surface area contributed by atoms with E-state index in [9.17, 15) is 9.59 Å². The molecule has 0 saturated carbocycles. The van der Waals surface area contributed by atoms with Gasteiger partial charge >= 0.3 is 12.0 Å². The van der Waals surface area contributed by atoms with Crippen molar-refractivity contribution in [3.63, 3.8) is 0 Å². The molecule has 100 valence electrons. The van der Waals surface area contributed by atoms with Crippen molar-refractivity contribution in [1.82, 2.24) is 20.8 Å². The summed E-state index contributed by atoms with van der Waals surface area (Å²) in [5.74, 6) is -1.22. The van der Waals surface area contributed by atoms with E-state index in [1.165, 1.54) is 0 Å². The van der Waals surface area contributed by atoms with Crippen LogP contribution in [0, 0.1) is 12.8 Å². The molecule has 0 aliphatic carbocycles. The number of amides is 2. The van der Waals surface area contributed by atoms with Gasteiger partial charge in [0.15, 0.2) is 0 Å². The predicted molar refractivity (Wildman–Crippen MR) is 65.0 cm³/mol. The van der Waals surface area contributed by atoms with Crippen molar-refractivity contribution in [2.45, 2.75) is 33.4 Å². The van der Waals surface area contributed by atoms with E-state index in [0.717, 1.165) is 11.3 Å². The Morgan fingerprint density at radius 1 is 1.50 bits per heavy atom. The average Bonchev–Trinajstić information content (AvgIpc) is 2.68. The van der Waals surface area contributed by atoms with Crippen LogP contribution in [0.4, 0.5) is 4.79 Å². The Bertz CT molecular complexity index is 428. The Hall–Kier alpha value is -2.05. The number of H-pyrrole nitrogens is 1. The number of aromatic amines is 1. The highest BCUT2D eigenvalue weighted by Crippen LogP contribution is 2.03. The average molecular weight is 254 g/mol. The fraction of sp³-hybridized carbons (Fsp3) is 0.545. The minimum absolute atomic E-state index is 0.177. The van der Waals surface area contributed by atoms with Gasteiger partial charge in [0.1, 0.15) is 6.04 Å².